The molecule has 0 saturated carbocycles. The van der Waals surface area contributed by atoms with E-state index in [1.165, 1.54) is 22.8 Å². The van der Waals surface area contributed by atoms with Crippen LogP contribution >= 0.6 is 11.6 Å². The van der Waals surface area contributed by atoms with Crippen molar-refractivity contribution >= 4 is 40.6 Å². The van der Waals surface area contributed by atoms with E-state index >= 15 is 0 Å². The van der Waals surface area contributed by atoms with Crippen LogP contribution in [0.25, 0.3) is 28.7 Å². The zero-order valence-corrected chi connectivity index (χ0v) is 19.2. The topological polar surface area (TPSA) is 76.9 Å². The zero-order chi connectivity index (χ0) is 24.1. The first-order chi connectivity index (χ1) is 16.5. The summed E-state index contributed by atoms with van der Waals surface area (Å²) in [6.45, 7) is 2.27. The fraction of sp³-hybridized carbons (Fsp3) is 0.154. The highest BCUT2D eigenvalue weighted by molar-refractivity contribution is 6.32. The van der Waals surface area contributed by atoms with Gasteiger partial charge in [0.15, 0.2) is 0 Å². The van der Waals surface area contributed by atoms with Gasteiger partial charge in [-0.1, -0.05) is 36.7 Å². The van der Waals surface area contributed by atoms with E-state index in [9.17, 15) is 14.0 Å². The lowest BCUT2D eigenvalue weighted by atomic mass is 10.2. The van der Waals surface area contributed by atoms with Crippen molar-refractivity contribution in [2.75, 3.05) is 0 Å². The van der Waals surface area contributed by atoms with Crippen LogP contribution in [0.3, 0.4) is 0 Å². The number of rotatable bonds is 7. The average Bonchev–Trinajstić information content (AvgIpc) is 2.83. The van der Waals surface area contributed by atoms with Crippen molar-refractivity contribution in [2.45, 2.75) is 26.3 Å². The van der Waals surface area contributed by atoms with Crippen LogP contribution in [0.2, 0.25) is 5.02 Å². The molecule has 0 bridgehead atoms. The molecular formula is C26H22ClFN4O2. The number of hydrogen-bond donors (Lipinski definition) is 1. The molecular weight excluding hydrogens is 455 g/mol. The van der Waals surface area contributed by atoms with Crippen molar-refractivity contribution in [3.63, 3.8) is 0 Å². The Morgan fingerprint density at radius 2 is 1.91 bits per heavy atom. The van der Waals surface area contributed by atoms with Crippen LogP contribution in [-0.4, -0.2) is 20.4 Å². The number of para-hydroxylation sites is 1. The number of halogens is 2. The maximum Gasteiger partial charge on any atom is 0.266 e. The molecule has 2 aromatic heterocycles. The third-order valence-corrected chi connectivity index (χ3v) is 5.44. The second kappa shape index (κ2) is 10.4. The third-order valence-electron chi connectivity index (χ3n) is 5.12. The molecule has 0 aliphatic carbocycles. The third kappa shape index (κ3) is 5.21. The molecule has 4 rings (SSSR count). The molecule has 0 fully saturated rings. The molecule has 0 spiro atoms. The van der Waals surface area contributed by atoms with Crippen LogP contribution in [0, 0.1) is 5.82 Å². The van der Waals surface area contributed by atoms with E-state index in [0.717, 1.165) is 6.42 Å². The molecule has 0 saturated heterocycles. The maximum absolute atomic E-state index is 13.8. The van der Waals surface area contributed by atoms with E-state index in [1.807, 2.05) is 25.1 Å². The first kappa shape index (κ1) is 23.3. The molecule has 6 nitrogen and oxygen atoms in total. The molecule has 0 unspecified atom stereocenters. The number of pyridine rings is 1. The van der Waals surface area contributed by atoms with Crippen LogP contribution in [0.15, 0.2) is 65.5 Å². The summed E-state index contributed by atoms with van der Waals surface area (Å²) in [6, 6.07) is 16.3. The Hall–Kier alpha value is -3.84. The zero-order valence-electron chi connectivity index (χ0n) is 18.5. The molecule has 0 radical (unpaired) electrons. The molecule has 8 heteroatoms. The predicted molar refractivity (Wildman–Crippen MR) is 132 cm³/mol. The average molecular weight is 477 g/mol. The summed E-state index contributed by atoms with van der Waals surface area (Å²) in [5.74, 6) is -0.223. The second-order valence-electron chi connectivity index (χ2n) is 7.64. The van der Waals surface area contributed by atoms with E-state index < -0.39 is 11.4 Å². The number of benzene rings is 2. The molecule has 34 heavy (non-hydrogen) atoms. The number of nitrogens with zero attached hydrogens (tertiary/aromatic N) is 3. The largest absolute Gasteiger partial charge is 0.350 e. The Morgan fingerprint density at radius 1 is 1.09 bits per heavy atom. The number of aromatic nitrogens is 3. The molecule has 4 aromatic rings. The summed E-state index contributed by atoms with van der Waals surface area (Å²) in [4.78, 5) is 34.2. The Bertz CT molecular complexity index is 1450. The number of carbonyl (C=O) groups excluding carboxylic acids is 1. The summed E-state index contributed by atoms with van der Waals surface area (Å²) in [5.41, 5.74) is 1.71. The summed E-state index contributed by atoms with van der Waals surface area (Å²) in [6.07, 6.45) is 4.63. The second-order valence-corrected chi connectivity index (χ2v) is 8.04. The van der Waals surface area contributed by atoms with Crippen LogP contribution in [-0.2, 0) is 11.3 Å². The van der Waals surface area contributed by atoms with Gasteiger partial charge in [0.25, 0.3) is 5.56 Å². The minimum atomic E-state index is -0.521. The van der Waals surface area contributed by atoms with E-state index in [4.69, 9.17) is 11.6 Å². The SMILES string of the molecule is CCCC(=O)NCc1cccc(C=Cc2nc3ccc(F)cc3c(=O)n2-c2ccccc2Cl)n1. The lowest BCUT2D eigenvalue weighted by molar-refractivity contribution is -0.121. The monoisotopic (exact) mass is 476 g/mol. The van der Waals surface area contributed by atoms with Gasteiger partial charge < -0.3 is 5.32 Å². The molecule has 0 atom stereocenters. The highest BCUT2D eigenvalue weighted by Crippen LogP contribution is 2.22. The first-order valence-electron chi connectivity index (χ1n) is 10.8. The number of carbonyl (C=O) groups is 1. The Kier molecular flexibility index (Phi) is 7.13. The summed E-state index contributed by atoms with van der Waals surface area (Å²) < 4.78 is 15.2. The van der Waals surface area contributed by atoms with Crippen LogP contribution in [0.5, 0.6) is 0 Å². The van der Waals surface area contributed by atoms with Crippen LogP contribution in [0.1, 0.15) is 37.0 Å². The molecule has 172 valence electrons. The van der Waals surface area contributed by atoms with Crippen molar-refractivity contribution in [1.82, 2.24) is 19.9 Å². The van der Waals surface area contributed by atoms with Gasteiger partial charge in [-0.2, -0.15) is 0 Å². The van der Waals surface area contributed by atoms with E-state index in [1.54, 1.807) is 36.4 Å². The smallest absolute Gasteiger partial charge is 0.266 e. The van der Waals surface area contributed by atoms with Crippen molar-refractivity contribution in [3.05, 3.63) is 99.1 Å². The number of hydrogen-bond acceptors (Lipinski definition) is 4. The van der Waals surface area contributed by atoms with Gasteiger partial charge >= 0.3 is 0 Å². The molecule has 1 amide bonds. The molecule has 0 aliphatic rings. The minimum absolute atomic E-state index is 0.0224. The predicted octanol–water partition coefficient (Wildman–Crippen LogP) is 5.16. The van der Waals surface area contributed by atoms with Crippen molar-refractivity contribution in [3.8, 4) is 5.69 Å². The molecule has 1 N–H and O–H groups in total. The van der Waals surface area contributed by atoms with Crippen molar-refractivity contribution in [2.24, 2.45) is 0 Å². The molecule has 2 aromatic carbocycles. The number of fused-ring (bicyclic) bond motifs is 1. The first-order valence-corrected chi connectivity index (χ1v) is 11.2. The Labute approximate surface area is 200 Å². The summed E-state index contributed by atoms with van der Waals surface area (Å²) in [5, 5.41) is 3.35. The van der Waals surface area contributed by atoms with Crippen molar-refractivity contribution < 1.29 is 9.18 Å². The number of nitrogens with one attached hydrogen (secondary N) is 1. The van der Waals surface area contributed by atoms with E-state index in [2.05, 4.69) is 15.3 Å². The van der Waals surface area contributed by atoms with Gasteiger partial charge in [0.2, 0.25) is 5.91 Å². The lowest BCUT2D eigenvalue weighted by Gasteiger charge is -2.13. The summed E-state index contributed by atoms with van der Waals surface area (Å²) in [7, 11) is 0. The van der Waals surface area contributed by atoms with Crippen LogP contribution < -0.4 is 10.9 Å². The Balaban J connectivity index is 1.75. The van der Waals surface area contributed by atoms with Crippen LogP contribution in [0.4, 0.5) is 4.39 Å². The quantitative estimate of drug-likeness (QED) is 0.399. The maximum atomic E-state index is 13.8. The van der Waals surface area contributed by atoms with E-state index in [0.29, 0.717) is 46.4 Å². The van der Waals surface area contributed by atoms with Gasteiger partial charge in [-0.05, 0) is 61.0 Å². The normalized spacial score (nSPS) is 11.3. The van der Waals surface area contributed by atoms with Gasteiger partial charge in [-0.3, -0.25) is 19.1 Å². The van der Waals surface area contributed by atoms with E-state index in [-0.39, 0.29) is 11.3 Å². The van der Waals surface area contributed by atoms with Gasteiger partial charge in [0.1, 0.15) is 11.6 Å². The molecule has 0 aliphatic heterocycles. The molecule has 2 heterocycles. The lowest BCUT2D eigenvalue weighted by Crippen LogP contribution is -2.23. The van der Waals surface area contributed by atoms with Gasteiger partial charge in [0.05, 0.1) is 39.5 Å². The summed E-state index contributed by atoms with van der Waals surface area (Å²) >= 11 is 6.37. The van der Waals surface area contributed by atoms with Gasteiger partial charge in [-0.15, -0.1) is 0 Å². The fourth-order valence-electron chi connectivity index (χ4n) is 3.51. The van der Waals surface area contributed by atoms with Crippen molar-refractivity contribution in [1.29, 1.82) is 0 Å². The Morgan fingerprint density at radius 3 is 2.71 bits per heavy atom. The standard InChI is InChI=1S/C26H22ClFN4O2/c1-2-6-25(33)29-16-19-8-5-7-18(30-19)12-14-24-31-22-13-11-17(28)15-20(22)26(34)32(24)23-10-4-3-9-21(23)27/h3-5,7-15H,2,6,16H2,1H3,(H,29,33). The fourth-order valence-corrected chi connectivity index (χ4v) is 3.73. The highest BCUT2D eigenvalue weighted by Gasteiger charge is 2.14. The highest BCUT2D eigenvalue weighted by atomic mass is 35.5. The van der Waals surface area contributed by atoms with Gasteiger partial charge in [0, 0.05) is 6.42 Å². The van der Waals surface area contributed by atoms with Gasteiger partial charge in [-0.25, -0.2) is 9.37 Å². The minimum Gasteiger partial charge on any atom is -0.350 e. The number of amides is 1.